The van der Waals surface area contributed by atoms with Gasteiger partial charge in [-0.1, -0.05) is 31.5 Å². The molecule has 2 heterocycles. The van der Waals surface area contributed by atoms with E-state index in [2.05, 4.69) is 27.4 Å². The first kappa shape index (κ1) is 13.4. The van der Waals surface area contributed by atoms with Crippen LogP contribution in [-0.2, 0) is 6.42 Å². The van der Waals surface area contributed by atoms with Crippen molar-refractivity contribution >= 4 is 22.6 Å². The van der Waals surface area contributed by atoms with E-state index < -0.39 is 0 Å². The largest absolute Gasteiger partial charge is 0.358 e. The van der Waals surface area contributed by atoms with E-state index in [4.69, 9.17) is 0 Å². The zero-order valence-corrected chi connectivity index (χ0v) is 12.2. The number of aromatic amines is 2. The number of benzene rings is 1. The van der Waals surface area contributed by atoms with Gasteiger partial charge in [-0.2, -0.15) is 5.10 Å². The fourth-order valence-corrected chi connectivity index (χ4v) is 2.57. The molecule has 3 N–H and O–H groups in total. The summed E-state index contributed by atoms with van der Waals surface area (Å²) in [5.41, 5.74) is 3.53. The van der Waals surface area contributed by atoms with E-state index in [0.717, 1.165) is 35.1 Å². The maximum atomic E-state index is 12.5. The summed E-state index contributed by atoms with van der Waals surface area (Å²) in [6.45, 7) is 4.01. The maximum Gasteiger partial charge on any atom is 0.259 e. The Morgan fingerprint density at radius 3 is 2.95 bits per heavy atom. The number of H-pyrrole nitrogens is 2. The van der Waals surface area contributed by atoms with Gasteiger partial charge in [0.2, 0.25) is 0 Å². The normalized spacial score (nSPS) is 11.0. The topological polar surface area (TPSA) is 73.6 Å². The van der Waals surface area contributed by atoms with E-state index in [1.807, 2.05) is 37.3 Å². The lowest BCUT2D eigenvalue weighted by atomic mass is 10.1. The third-order valence-corrected chi connectivity index (χ3v) is 3.51. The smallest absolute Gasteiger partial charge is 0.259 e. The Morgan fingerprint density at radius 2 is 2.14 bits per heavy atom. The summed E-state index contributed by atoms with van der Waals surface area (Å²) in [6.07, 6.45) is 1.96. The molecule has 0 aliphatic carbocycles. The van der Waals surface area contributed by atoms with Gasteiger partial charge < -0.3 is 10.3 Å². The SMILES string of the molecule is CCCc1cc(NC(=O)c2c(C)[nH]c3ccccc23)n[nH]1. The highest BCUT2D eigenvalue weighted by Crippen LogP contribution is 2.22. The lowest BCUT2D eigenvalue weighted by Gasteiger charge is -2.01. The van der Waals surface area contributed by atoms with Crippen molar-refractivity contribution in [3.05, 3.63) is 47.3 Å². The van der Waals surface area contributed by atoms with Crippen LogP contribution in [0.5, 0.6) is 0 Å². The van der Waals surface area contributed by atoms with Crippen LogP contribution in [0.1, 0.15) is 35.1 Å². The first-order chi connectivity index (χ1) is 10.2. The number of nitrogens with zero attached hydrogens (tertiary/aromatic N) is 1. The Labute approximate surface area is 122 Å². The van der Waals surface area contributed by atoms with E-state index >= 15 is 0 Å². The van der Waals surface area contributed by atoms with Crippen LogP contribution in [0.3, 0.4) is 0 Å². The zero-order valence-electron chi connectivity index (χ0n) is 12.2. The number of hydrogen-bond donors (Lipinski definition) is 3. The van der Waals surface area contributed by atoms with E-state index in [-0.39, 0.29) is 5.91 Å². The first-order valence-corrected chi connectivity index (χ1v) is 7.12. The van der Waals surface area contributed by atoms with Crippen LogP contribution < -0.4 is 5.32 Å². The average Bonchev–Trinajstić information content (AvgIpc) is 3.02. The number of nitrogens with one attached hydrogen (secondary N) is 3. The molecule has 0 atom stereocenters. The minimum absolute atomic E-state index is 0.139. The van der Waals surface area contributed by atoms with Crippen LogP contribution in [0, 0.1) is 6.92 Å². The highest BCUT2D eigenvalue weighted by Gasteiger charge is 2.16. The lowest BCUT2D eigenvalue weighted by Crippen LogP contribution is -2.13. The van der Waals surface area contributed by atoms with Gasteiger partial charge >= 0.3 is 0 Å². The number of rotatable bonds is 4. The molecular formula is C16H18N4O. The fraction of sp³-hybridized carbons (Fsp3) is 0.250. The number of carbonyl (C=O) groups is 1. The van der Waals surface area contributed by atoms with Crippen molar-refractivity contribution in [1.82, 2.24) is 15.2 Å². The van der Waals surface area contributed by atoms with Crippen molar-refractivity contribution < 1.29 is 4.79 Å². The molecular weight excluding hydrogens is 264 g/mol. The maximum absolute atomic E-state index is 12.5. The summed E-state index contributed by atoms with van der Waals surface area (Å²) in [7, 11) is 0. The van der Waals surface area contributed by atoms with Gasteiger partial charge in [0.15, 0.2) is 5.82 Å². The molecule has 3 rings (SSSR count). The van der Waals surface area contributed by atoms with Crippen molar-refractivity contribution in [2.24, 2.45) is 0 Å². The molecule has 0 bridgehead atoms. The van der Waals surface area contributed by atoms with Gasteiger partial charge in [0.25, 0.3) is 5.91 Å². The molecule has 0 spiro atoms. The number of aromatic nitrogens is 3. The number of amides is 1. The van der Waals surface area contributed by atoms with Gasteiger partial charge in [0.05, 0.1) is 5.56 Å². The van der Waals surface area contributed by atoms with Crippen molar-refractivity contribution in [2.45, 2.75) is 26.7 Å². The van der Waals surface area contributed by atoms with Gasteiger partial charge in [-0.3, -0.25) is 9.89 Å². The number of para-hydroxylation sites is 1. The van der Waals surface area contributed by atoms with Crippen molar-refractivity contribution in [3.63, 3.8) is 0 Å². The lowest BCUT2D eigenvalue weighted by molar-refractivity contribution is 0.102. The van der Waals surface area contributed by atoms with Crippen LogP contribution in [0.4, 0.5) is 5.82 Å². The van der Waals surface area contributed by atoms with Crippen LogP contribution in [-0.4, -0.2) is 21.1 Å². The van der Waals surface area contributed by atoms with E-state index in [1.54, 1.807) is 0 Å². The van der Waals surface area contributed by atoms with Gasteiger partial charge in [-0.25, -0.2) is 0 Å². The van der Waals surface area contributed by atoms with Gasteiger partial charge in [-0.15, -0.1) is 0 Å². The number of carbonyl (C=O) groups excluding carboxylic acids is 1. The molecule has 0 fully saturated rings. The molecule has 3 aromatic rings. The summed E-state index contributed by atoms with van der Waals surface area (Å²) in [5, 5.41) is 10.8. The fourth-order valence-electron chi connectivity index (χ4n) is 2.57. The molecule has 1 aromatic carbocycles. The summed E-state index contributed by atoms with van der Waals surface area (Å²) in [6, 6.07) is 9.67. The molecule has 1 amide bonds. The molecule has 0 aliphatic rings. The first-order valence-electron chi connectivity index (χ1n) is 7.12. The molecule has 0 radical (unpaired) electrons. The molecule has 5 heteroatoms. The third kappa shape index (κ3) is 2.54. The molecule has 108 valence electrons. The van der Waals surface area contributed by atoms with Crippen LogP contribution in [0.25, 0.3) is 10.9 Å². The summed E-state index contributed by atoms with van der Waals surface area (Å²) < 4.78 is 0. The van der Waals surface area contributed by atoms with Gasteiger partial charge in [-0.05, 0) is 19.4 Å². The second kappa shape index (κ2) is 5.44. The Hall–Kier alpha value is -2.56. The molecule has 0 saturated carbocycles. The van der Waals surface area contributed by atoms with E-state index in [0.29, 0.717) is 11.4 Å². The summed E-state index contributed by atoms with van der Waals surface area (Å²) >= 11 is 0. The monoisotopic (exact) mass is 282 g/mol. The van der Waals surface area contributed by atoms with Crippen molar-refractivity contribution in [1.29, 1.82) is 0 Å². The Kier molecular flexibility index (Phi) is 3.48. The average molecular weight is 282 g/mol. The molecule has 0 unspecified atom stereocenters. The second-order valence-electron chi connectivity index (χ2n) is 5.15. The van der Waals surface area contributed by atoms with Crippen LogP contribution in [0.15, 0.2) is 30.3 Å². The zero-order chi connectivity index (χ0) is 14.8. The standard InChI is InChI=1S/C16H18N4O/c1-3-6-11-9-14(20-19-11)18-16(21)15-10(2)17-13-8-5-4-7-12(13)15/h4-5,7-9,17H,3,6H2,1-2H3,(H2,18,19,20,21). The van der Waals surface area contributed by atoms with Crippen LogP contribution in [0.2, 0.25) is 0 Å². The van der Waals surface area contributed by atoms with E-state index in [9.17, 15) is 4.79 Å². The number of anilines is 1. The molecule has 0 saturated heterocycles. The van der Waals surface area contributed by atoms with Gasteiger partial charge in [0, 0.05) is 28.4 Å². The Balaban J connectivity index is 1.88. The van der Waals surface area contributed by atoms with Gasteiger partial charge in [0.1, 0.15) is 0 Å². The Morgan fingerprint density at radius 1 is 1.33 bits per heavy atom. The number of aryl methyl sites for hydroxylation is 2. The third-order valence-electron chi connectivity index (χ3n) is 3.51. The van der Waals surface area contributed by atoms with E-state index in [1.165, 1.54) is 0 Å². The predicted molar refractivity (Wildman–Crippen MR) is 83.6 cm³/mol. The summed E-state index contributed by atoms with van der Waals surface area (Å²) in [4.78, 5) is 15.7. The number of hydrogen-bond acceptors (Lipinski definition) is 2. The van der Waals surface area contributed by atoms with Crippen LogP contribution >= 0.6 is 0 Å². The molecule has 5 nitrogen and oxygen atoms in total. The minimum atomic E-state index is -0.139. The molecule has 2 aromatic heterocycles. The Bertz CT molecular complexity index is 785. The predicted octanol–water partition coefficient (Wildman–Crippen LogP) is 3.40. The highest BCUT2D eigenvalue weighted by molar-refractivity contribution is 6.13. The van der Waals surface area contributed by atoms with Crippen molar-refractivity contribution in [2.75, 3.05) is 5.32 Å². The minimum Gasteiger partial charge on any atom is -0.358 e. The highest BCUT2D eigenvalue weighted by atomic mass is 16.1. The number of fused-ring (bicyclic) bond motifs is 1. The van der Waals surface area contributed by atoms with Crippen molar-refractivity contribution in [3.8, 4) is 0 Å². The quantitative estimate of drug-likeness (QED) is 0.686. The second-order valence-corrected chi connectivity index (χ2v) is 5.15. The summed E-state index contributed by atoms with van der Waals surface area (Å²) in [5.74, 6) is 0.424. The molecule has 0 aliphatic heterocycles. The molecule has 21 heavy (non-hydrogen) atoms.